The predicted molar refractivity (Wildman–Crippen MR) is 56.3 cm³/mol. The molecule has 0 amide bonds. The highest BCUT2D eigenvalue weighted by Gasteiger charge is 2.22. The van der Waals surface area contributed by atoms with Crippen molar-refractivity contribution in [2.24, 2.45) is 0 Å². The van der Waals surface area contributed by atoms with Crippen LogP contribution in [0.2, 0.25) is 0 Å². The van der Waals surface area contributed by atoms with E-state index in [2.05, 4.69) is 0 Å². The molecular weight excluding hydrogens is 231 g/mol. The molecular formula is C11H11FO5. The van der Waals surface area contributed by atoms with Crippen LogP contribution in [0.25, 0.3) is 0 Å². The van der Waals surface area contributed by atoms with Crippen LogP contribution in [0.15, 0.2) is 12.1 Å². The number of hydrogen-bond acceptors (Lipinski definition) is 4. The van der Waals surface area contributed by atoms with Crippen LogP contribution in [0, 0.1) is 0 Å². The molecule has 0 aliphatic heterocycles. The molecule has 0 saturated heterocycles. The number of alkyl halides is 1. The number of halogens is 1. The van der Waals surface area contributed by atoms with Crippen LogP contribution >= 0.6 is 0 Å². The Morgan fingerprint density at radius 1 is 1.24 bits per heavy atom. The molecule has 0 aromatic heterocycles. The summed E-state index contributed by atoms with van der Waals surface area (Å²) in [5, 5.41) is 8.62. The number of hydrogen-bond donors (Lipinski definition) is 1. The monoisotopic (exact) mass is 242 g/mol. The molecule has 0 atom stereocenters. The molecule has 0 fully saturated rings. The van der Waals surface area contributed by atoms with E-state index in [4.69, 9.17) is 14.6 Å². The van der Waals surface area contributed by atoms with Crippen molar-refractivity contribution in [2.75, 3.05) is 14.2 Å². The highest BCUT2D eigenvalue weighted by Crippen LogP contribution is 2.30. The van der Waals surface area contributed by atoms with Crippen molar-refractivity contribution in [3.8, 4) is 11.5 Å². The second-order valence-corrected chi connectivity index (χ2v) is 3.13. The zero-order valence-electron chi connectivity index (χ0n) is 9.32. The largest absolute Gasteiger partial charge is 0.496 e. The number of rotatable bonds is 5. The van der Waals surface area contributed by atoms with Crippen LogP contribution in [0.5, 0.6) is 11.5 Å². The quantitative estimate of drug-likeness (QED) is 0.624. The van der Waals surface area contributed by atoms with Crippen molar-refractivity contribution in [1.29, 1.82) is 0 Å². The third kappa shape index (κ3) is 2.52. The molecule has 92 valence electrons. The molecule has 0 saturated carbocycles. The molecule has 1 aromatic rings. The topological polar surface area (TPSA) is 72.8 Å². The Labute approximate surface area is 96.8 Å². The number of carbonyl (C=O) groups is 2. The Morgan fingerprint density at radius 2 is 1.82 bits per heavy atom. The molecule has 0 heterocycles. The van der Waals surface area contributed by atoms with Gasteiger partial charge in [-0.2, -0.15) is 0 Å². The maximum atomic E-state index is 12.7. The van der Waals surface area contributed by atoms with Gasteiger partial charge >= 0.3 is 5.97 Å². The first-order valence-electron chi connectivity index (χ1n) is 4.63. The summed E-state index contributed by atoms with van der Waals surface area (Å²) in [6, 6.07) is 2.40. The van der Waals surface area contributed by atoms with E-state index in [1.807, 2.05) is 0 Å². The van der Waals surface area contributed by atoms with E-state index in [-0.39, 0.29) is 22.6 Å². The van der Waals surface area contributed by atoms with Gasteiger partial charge in [0.05, 0.1) is 19.8 Å². The maximum absolute atomic E-state index is 12.7. The van der Waals surface area contributed by atoms with E-state index in [9.17, 15) is 14.0 Å². The number of benzene rings is 1. The molecule has 0 aliphatic carbocycles. The fourth-order valence-corrected chi connectivity index (χ4v) is 1.36. The number of Topliss-reactive ketones (excluding diaryl/α,β-unsaturated/α-hetero) is 1. The number of ketones is 1. The van der Waals surface area contributed by atoms with Crippen LogP contribution in [0.1, 0.15) is 15.9 Å². The average molecular weight is 242 g/mol. The van der Waals surface area contributed by atoms with E-state index in [0.29, 0.717) is 0 Å². The molecule has 1 rings (SSSR count). The smallest absolute Gasteiger partial charge is 0.377 e. The van der Waals surface area contributed by atoms with Crippen molar-refractivity contribution >= 4 is 11.8 Å². The van der Waals surface area contributed by atoms with Crippen LogP contribution < -0.4 is 9.47 Å². The fourth-order valence-electron chi connectivity index (χ4n) is 1.36. The number of carboxylic acid groups (broad SMARTS) is 1. The molecule has 1 aromatic carbocycles. The Morgan fingerprint density at radius 3 is 2.24 bits per heavy atom. The SMILES string of the molecule is COc1cc(OC)c(C(=O)C(=O)O)cc1CF. The molecule has 0 radical (unpaired) electrons. The van der Waals surface area contributed by atoms with Gasteiger partial charge in [0, 0.05) is 11.6 Å². The fraction of sp³-hybridized carbons (Fsp3) is 0.273. The molecule has 0 aliphatic rings. The average Bonchev–Trinajstić information content (AvgIpc) is 2.35. The summed E-state index contributed by atoms with van der Waals surface area (Å²) in [5.74, 6) is -2.55. The number of ether oxygens (including phenoxy) is 2. The van der Waals surface area contributed by atoms with Crippen molar-refractivity contribution < 1.29 is 28.6 Å². The number of carboxylic acids is 1. The first-order chi connectivity index (χ1) is 8.04. The van der Waals surface area contributed by atoms with Gasteiger partial charge in [0.15, 0.2) is 0 Å². The van der Waals surface area contributed by atoms with E-state index in [1.54, 1.807) is 0 Å². The molecule has 5 nitrogen and oxygen atoms in total. The van der Waals surface area contributed by atoms with Crippen LogP contribution in [0.3, 0.4) is 0 Å². The highest BCUT2D eigenvalue weighted by molar-refractivity contribution is 6.40. The summed E-state index contributed by atoms with van der Waals surface area (Å²) < 4.78 is 22.4. The zero-order chi connectivity index (χ0) is 13.0. The van der Waals surface area contributed by atoms with E-state index in [1.165, 1.54) is 20.3 Å². The lowest BCUT2D eigenvalue weighted by Gasteiger charge is -2.11. The minimum atomic E-state index is -1.63. The number of carbonyl (C=O) groups excluding carboxylic acids is 1. The van der Waals surface area contributed by atoms with Crippen molar-refractivity contribution in [3.63, 3.8) is 0 Å². The highest BCUT2D eigenvalue weighted by atomic mass is 19.1. The van der Waals surface area contributed by atoms with Gasteiger partial charge in [-0.1, -0.05) is 0 Å². The molecule has 1 N–H and O–H groups in total. The second kappa shape index (κ2) is 5.29. The zero-order valence-corrected chi connectivity index (χ0v) is 9.32. The van der Waals surface area contributed by atoms with Gasteiger partial charge in [-0.15, -0.1) is 0 Å². The lowest BCUT2D eigenvalue weighted by molar-refractivity contribution is -0.131. The number of methoxy groups -OCH3 is 2. The standard InChI is InChI=1S/C11H11FO5/c1-16-8-4-9(17-2)7(3-6(8)5-12)10(13)11(14)15/h3-4H,5H2,1-2H3,(H,14,15). The third-order valence-electron chi connectivity index (χ3n) is 2.19. The first-order valence-corrected chi connectivity index (χ1v) is 4.63. The van der Waals surface area contributed by atoms with Crippen molar-refractivity contribution in [1.82, 2.24) is 0 Å². The molecule has 0 unspecified atom stereocenters. The van der Waals surface area contributed by atoms with Crippen LogP contribution in [-0.2, 0) is 11.5 Å². The first kappa shape index (κ1) is 13.0. The van der Waals surface area contributed by atoms with E-state index < -0.39 is 18.4 Å². The van der Waals surface area contributed by atoms with Crippen LogP contribution in [0.4, 0.5) is 4.39 Å². The lowest BCUT2D eigenvalue weighted by Crippen LogP contribution is -2.14. The molecule has 6 heteroatoms. The summed E-state index contributed by atoms with van der Waals surface area (Å²) in [6.07, 6.45) is 0. The summed E-state index contributed by atoms with van der Waals surface area (Å²) in [5.41, 5.74) is -0.105. The predicted octanol–water partition coefficient (Wildman–Crippen LogP) is 1.44. The Bertz CT molecular complexity index is 455. The van der Waals surface area contributed by atoms with Crippen LogP contribution in [-0.4, -0.2) is 31.1 Å². The Kier molecular flexibility index (Phi) is 4.03. The third-order valence-corrected chi connectivity index (χ3v) is 2.19. The number of aliphatic carboxylic acids is 1. The van der Waals surface area contributed by atoms with E-state index >= 15 is 0 Å². The van der Waals surface area contributed by atoms with Gasteiger partial charge in [-0.3, -0.25) is 4.79 Å². The molecule has 17 heavy (non-hydrogen) atoms. The Balaban J connectivity index is 3.38. The summed E-state index contributed by atoms with van der Waals surface area (Å²) in [6.45, 7) is -0.868. The minimum absolute atomic E-state index is 0.0338. The molecule has 0 spiro atoms. The minimum Gasteiger partial charge on any atom is -0.496 e. The van der Waals surface area contributed by atoms with Gasteiger partial charge in [-0.05, 0) is 6.07 Å². The van der Waals surface area contributed by atoms with Gasteiger partial charge < -0.3 is 14.6 Å². The van der Waals surface area contributed by atoms with Crippen molar-refractivity contribution in [3.05, 3.63) is 23.3 Å². The van der Waals surface area contributed by atoms with E-state index in [0.717, 1.165) is 6.07 Å². The normalized spacial score (nSPS) is 9.82. The second-order valence-electron chi connectivity index (χ2n) is 3.13. The maximum Gasteiger partial charge on any atom is 0.377 e. The van der Waals surface area contributed by atoms with Gasteiger partial charge in [0.2, 0.25) is 0 Å². The summed E-state index contributed by atoms with van der Waals surface area (Å²) in [4.78, 5) is 21.9. The van der Waals surface area contributed by atoms with Crippen molar-refractivity contribution in [2.45, 2.75) is 6.67 Å². The summed E-state index contributed by atoms with van der Waals surface area (Å²) >= 11 is 0. The molecule has 0 bridgehead atoms. The van der Waals surface area contributed by atoms with Gasteiger partial charge in [0.25, 0.3) is 5.78 Å². The van der Waals surface area contributed by atoms with Gasteiger partial charge in [-0.25, -0.2) is 9.18 Å². The lowest BCUT2D eigenvalue weighted by atomic mass is 10.1. The Hall–Kier alpha value is -2.11. The van der Waals surface area contributed by atoms with Gasteiger partial charge in [0.1, 0.15) is 18.2 Å². The summed E-state index contributed by atoms with van der Waals surface area (Å²) in [7, 11) is 2.62.